The van der Waals surface area contributed by atoms with Gasteiger partial charge in [0, 0.05) is 32.2 Å². The smallest absolute Gasteiger partial charge is 0.154 e. The Morgan fingerprint density at radius 3 is 2.20 bits per heavy atom. The van der Waals surface area contributed by atoms with Gasteiger partial charge < -0.3 is 5.32 Å². The first-order valence-corrected chi connectivity index (χ1v) is 7.31. The first kappa shape index (κ1) is 12.9. The van der Waals surface area contributed by atoms with Gasteiger partial charge in [0.15, 0.2) is 9.84 Å². The van der Waals surface area contributed by atoms with Gasteiger partial charge in [-0.2, -0.15) is 0 Å². The van der Waals surface area contributed by atoms with Crippen molar-refractivity contribution < 1.29 is 8.42 Å². The number of hydrogen-bond acceptors (Lipinski definition) is 4. The molecule has 1 rings (SSSR count). The molecule has 1 heterocycles. The van der Waals surface area contributed by atoms with Gasteiger partial charge in [-0.3, -0.25) is 4.90 Å². The fraction of sp³-hybridized carbons (Fsp3) is 1.00. The molecule has 4 nitrogen and oxygen atoms in total. The van der Waals surface area contributed by atoms with E-state index in [0.717, 1.165) is 26.2 Å². The monoisotopic (exact) mass is 234 g/mol. The van der Waals surface area contributed by atoms with Gasteiger partial charge in [0.05, 0.1) is 11.0 Å². The Hall–Kier alpha value is -0.130. The number of hydrogen-bond donors (Lipinski definition) is 1. The number of nitrogens with one attached hydrogen (secondary N) is 1. The van der Waals surface area contributed by atoms with Crippen molar-refractivity contribution in [3.63, 3.8) is 0 Å². The molecule has 15 heavy (non-hydrogen) atoms. The lowest BCUT2D eigenvalue weighted by Gasteiger charge is -2.32. The van der Waals surface area contributed by atoms with Crippen LogP contribution < -0.4 is 5.32 Å². The molecule has 0 amide bonds. The first-order valence-electron chi connectivity index (χ1n) is 5.60. The third-order valence-electron chi connectivity index (χ3n) is 2.97. The van der Waals surface area contributed by atoms with Gasteiger partial charge in [0.2, 0.25) is 0 Å². The molecule has 0 radical (unpaired) electrons. The quantitative estimate of drug-likeness (QED) is 0.750. The van der Waals surface area contributed by atoms with Crippen LogP contribution in [0.15, 0.2) is 0 Å². The molecule has 0 aromatic rings. The van der Waals surface area contributed by atoms with Gasteiger partial charge in [-0.1, -0.05) is 0 Å². The summed E-state index contributed by atoms with van der Waals surface area (Å²) in [7, 11) is -2.91. The summed E-state index contributed by atoms with van der Waals surface area (Å²) >= 11 is 0. The summed E-state index contributed by atoms with van der Waals surface area (Å²) in [6.07, 6.45) is 0. The van der Waals surface area contributed by atoms with Crippen molar-refractivity contribution >= 4 is 9.84 Å². The Labute approximate surface area is 93.0 Å². The molecule has 0 aromatic heterocycles. The normalized spacial score (nSPS) is 21.9. The van der Waals surface area contributed by atoms with Gasteiger partial charge in [0.25, 0.3) is 0 Å². The zero-order valence-electron chi connectivity index (χ0n) is 9.86. The third-order valence-corrected chi connectivity index (χ3v) is 5.35. The van der Waals surface area contributed by atoms with Crippen LogP contribution in [0.3, 0.4) is 0 Å². The summed E-state index contributed by atoms with van der Waals surface area (Å²) < 4.78 is 23.5. The molecule has 1 saturated heterocycles. The van der Waals surface area contributed by atoms with Crippen molar-refractivity contribution in [2.45, 2.75) is 32.1 Å². The minimum absolute atomic E-state index is 0.138. The highest BCUT2D eigenvalue weighted by Gasteiger charge is 2.24. The number of nitrogens with zero attached hydrogens (tertiary/aromatic N) is 1. The fourth-order valence-electron chi connectivity index (χ4n) is 1.76. The third kappa shape index (κ3) is 3.74. The van der Waals surface area contributed by atoms with Crippen LogP contribution in [-0.2, 0) is 9.84 Å². The summed E-state index contributed by atoms with van der Waals surface area (Å²) in [6, 6.07) is 0.138. The molecule has 0 bridgehead atoms. The van der Waals surface area contributed by atoms with E-state index in [9.17, 15) is 8.42 Å². The van der Waals surface area contributed by atoms with E-state index in [0.29, 0.717) is 0 Å². The molecule has 1 atom stereocenters. The molecule has 1 unspecified atom stereocenters. The summed E-state index contributed by atoms with van der Waals surface area (Å²) in [5.74, 6) is 0.282. The van der Waals surface area contributed by atoms with Crippen molar-refractivity contribution in [1.82, 2.24) is 10.2 Å². The predicted octanol–water partition coefficient (Wildman–Crippen LogP) is 0.103. The van der Waals surface area contributed by atoms with E-state index in [-0.39, 0.29) is 17.0 Å². The molecule has 0 spiro atoms. The van der Waals surface area contributed by atoms with Crippen molar-refractivity contribution in [2.75, 3.05) is 31.9 Å². The second-order valence-corrected chi connectivity index (χ2v) is 7.12. The lowest BCUT2D eigenvalue weighted by Crippen LogP contribution is -2.49. The molecular weight excluding hydrogens is 212 g/mol. The van der Waals surface area contributed by atoms with Gasteiger partial charge in [-0.25, -0.2) is 8.42 Å². The van der Waals surface area contributed by atoms with Gasteiger partial charge in [-0.15, -0.1) is 0 Å². The molecule has 1 aliphatic heterocycles. The van der Waals surface area contributed by atoms with E-state index in [1.807, 2.05) is 6.92 Å². The van der Waals surface area contributed by atoms with Gasteiger partial charge in [-0.05, 0) is 20.8 Å². The molecule has 1 N–H and O–H groups in total. The van der Waals surface area contributed by atoms with E-state index in [2.05, 4.69) is 10.2 Å². The average Bonchev–Trinajstić information content (AvgIpc) is 2.18. The highest BCUT2D eigenvalue weighted by Crippen LogP contribution is 2.08. The summed E-state index contributed by atoms with van der Waals surface area (Å²) in [4.78, 5) is 2.25. The number of piperazine rings is 1. The molecule has 0 aromatic carbocycles. The molecule has 1 aliphatic rings. The zero-order valence-corrected chi connectivity index (χ0v) is 10.7. The molecule has 0 saturated carbocycles. The molecule has 1 fully saturated rings. The van der Waals surface area contributed by atoms with Crippen LogP contribution in [0.5, 0.6) is 0 Å². The Kier molecular flexibility index (Phi) is 4.55. The predicted molar refractivity (Wildman–Crippen MR) is 62.8 cm³/mol. The van der Waals surface area contributed by atoms with E-state index in [1.54, 1.807) is 13.8 Å². The van der Waals surface area contributed by atoms with Crippen molar-refractivity contribution in [3.05, 3.63) is 0 Å². The van der Waals surface area contributed by atoms with E-state index >= 15 is 0 Å². The average molecular weight is 234 g/mol. The minimum Gasteiger partial charge on any atom is -0.314 e. The van der Waals surface area contributed by atoms with Crippen LogP contribution in [0.2, 0.25) is 0 Å². The van der Waals surface area contributed by atoms with E-state index in [1.165, 1.54) is 0 Å². The van der Waals surface area contributed by atoms with Crippen LogP contribution in [0, 0.1) is 0 Å². The van der Waals surface area contributed by atoms with Crippen LogP contribution >= 0.6 is 0 Å². The van der Waals surface area contributed by atoms with Crippen molar-refractivity contribution in [2.24, 2.45) is 0 Å². The van der Waals surface area contributed by atoms with Gasteiger partial charge >= 0.3 is 0 Å². The molecule has 0 aliphatic carbocycles. The van der Waals surface area contributed by atoms with Gasteiger partial charge in [0.1, 0.15) is 0 Å². The number of rotatable bonds is 4. The zero-order chi connectivity index (χ0) is 11.5. The standard InChI is InChI=1S/C10H22N2O2S/c1-9(2)15(13,14)8-10(3)12-6-4-11-5-7-12/h9-11H,4-8H2,1-3H3. The van der Waals surface area contributed by atoms with Crippen molar-refractivity contribution in [1.29, 1.82) is 0 Å². The molecule has 90 valence electrons. The topological polar surface area (TPSA) is 49.4 Å². The summed E-state index contributed by atoms with van der Waals surface area (Å²) in [5.41, 5.74) is 0. The highest BCUT2D eigenvalue weighted by molar-refractivity contribution is 7.92. The SMILES string of the molecule is CC(CS(=O)(=O)C(C)C)N1CCNCC1. The Morgan fingerprint density at radius 2 is 1.73 bits per heavy atom. The van der Waals surface area contributed by atoms with Crippen LogP contribution in [0.4, 0.5) is 0 Å². The minimum atomic E-state index is -2.91. The lowest BCUT2D eigenvalue weighted by atomic mass is 10.3. The fourth-order valence-corrected chi connectivity index (χ4v) is 3.03. The van der Waals surface area contributed by atoms with E-state index in [4.69, 9.17) is 0 Å². The Morgan fingerprint density at radius 1 is 1.20 bits per heavy atom. The second kappa shape index (κ2) is 5.27. The molecular formula is C10H22N2O2S. The van der Waals surface area contributed by atoms with Crippen LogP contribution in [0.25, 0.3) is 0 Å². The van der Waals surface area contributed by atoms with Crippen molar-refractivity contribution in [3.8, 4) is 0 Å². The van der Waals surface area contributed by atoms with Crippen LogP contribution in [0.1, 0.15) is 20.8 Å². The number of sulfone groups is 1. The largest absolute Gasteiger partial charge is 0.314 e. The maximum absolute atomic E-state index is 11.7. The van der Waals surface area contributed by atoms with Crippen LogP contribution in [-0.4, -0.2) is 56.5 Å². The Bertz CT molecular complexity index is 282. The summed E-state index contributed by atoms with van der Waals surface area (Å²) in [5, 5.41) is 3.00. The highest BCUT2D eigenvalue weighted by atomic mass is 32.2. The Balaban J connectivity index is 2.50. The maximum Gasteiger partial charge on any atom is 0.154 e. The lowest BCUT2D eigenvalue weighted by molar-refractivity contribution is 0.197. The summed E-state index contributed by atoms with van der Waals surface area (Å²) in [6.45, 7) is 9.34. The maximum atomic E-state index is 11.7. The second-order valence-electron chi connectivity index (χ2n) is 4.51. The molecule has 5 heteroatoms. The van der Waals surface area contributed by atoms with E-state index < -0.39 is 9.84 Å². The first-order chi connectivity index (χ1) is 6.93.